The van der Waals surface area contributed by atoms with Crippen molar-refractivity contribution in [1.29, 1.82) is 0 Å². The van der Waals surface area contributed by atoms with Gasteiger partial charge in [0.1, 0.15) is 0 Å². The number of aliphatic hydroxyl groups is 1. The summed E-state index contributed by atoms with van der Waals surface area (Å²) in [5.41, 5.74) is 0.619. The van der Waals surface area contributed by atoms with E-state index in [1.54, 1.807) is 0 Å². The van der Waals surface area contributed by atoms with Gasteiger partial charge in [-0.05, 0) is 103 Å². The Balaban J connectivity index is 0.00000181. The first-order valence-corrected chi connectivity index (χ1v) is 11.4. The van der Waals surface area contributed by atoms with Gasteiger partial charge < -0.3 is 15.0 Å². The molecule has 5 heteroatoms. The van der Waals surface area contributed by atoms with Crippen LogP contribution in [0.25, 0.3) is 0 Å². The Morgan fingerprint density at radius 3 is 2.69 bits per heavy atom. The molecule has 10 atom stereocenters. The summed E-state index contributed by atoms with van der Waals surface area (Å²) in [5.74, 6) is 3.20. The molecule has 5 saturated carbocycles. The smallest absolute Gasteiger partial charge is 0.550 e. The van der Waals surface area contributed by atoms with Crippen molar-refractivity contribution in [2.75, 3.05) is 0 Å². The topological polar surface area (TPSA) is 77.4 Å². The average molecular weight is 423 g/mol. The second kappa shape index (κ2) is 6.51. The molecule has 0 saturated heterocycles. The summed E-state index contributed by atoms with van der Waals surface area (Å²) < 4.78 is 0. The monoisotopic (exact) mass is 422 g/mol. The molecule has 0 unspecified atom stereocenters. The average Bonchev–Trinajstić information content (AvgIpc) is 3.53. The number of carboxylic acid groups (broad SMARTS) is 1. The number of fused-ring (bicyclic) bond motifs is 10. The van der Waals surface area contributed by atoms with Crippen molar-refractivity contribution in [3.8, 4) is 0 Å². The molecule has 0 bridgehead atoms. The van der Waals surface area contributed by atoms with E-state index >= 15 is 0 Å². The van der Waals surface area contributed by atoms with E-state index in [4.69, 9.17) is 0 Å². The minimum absolute atomic E-state index is 0. The maximum absolute atomic E-state index is 12.1. The van der Waals surface area contributed by atoms with Crippen LogP contribution in [0.15, 0.2) is 11.6 Å². The number of allylic oxidation sites excluding steroid dienone is 1. The molecule has 29 heavy (non-hydrogen) atoms. The van der Waals surface area contributed by atoms with E-state index in [-0.39, 0.29) is 74.6 Å². The number of carbonyl (C=O) groups excluding carboxylic acids is 2. The van der Waals surface area contributed by atoms with Gasteiger partial charge in [-0.15, -0.1) is 0 Å². The van der Waals surface area contributed by atoms with Crippen LogP contribution in [0.1, 0.15) is 65.2 Å². The summed E-state index contributed by atoms with van der Waals surface area (Å²) in [7, 11) is 0. The van der Waals surface area contributed by atoms with Crippen molar-refractivity contribution < 1.29 is 71.2 Å². The molecule has 0 spiro atoms. The van der Waals surface area contributed by atoms with E-state index in [0.29, 0.717) is 54.1 Å². The molecule has 5 fully saturated rings. The van der Waals surface area contributed by atoms with Crippen LogP contribution in [0.2, 0.25) is 0 Å². The quantitative estimate of drug-likeness (QED) is 0.622. The van der Waals surface area contributed by atoms with Gasteiger partial charge in [0.2, 0.25) is 0 Å². The number of carbonyl (C=O) groups is 2. The minimum atomic E-state index is -1.04. The first kappa shape index (κ1) is 21.3. The first-order chi connectivity index (χ1) is 13.2. The van der Waals surface area contributed by atoms with Crippen molar-refractivity contribution in [2.45, 2.75) is 70.8 Å². The summed E-state index contributed by atoms with van der Waals surface area (Å²) in [6.45, 7) is 4.69. The van der Waals surface area contributed by atoms with Gasteiger partial charge in [0.25, 0.3) is 0 Å². The van der Waals surface area contributed by atoms with Gasteiger partial charge in [0, 0.05) is 12.4 Å². The Hall–Kier alpha value is 0.476. The number of aliphatic carboxylic acids is 1. The van der Waals surface area contributed by atoms with Crippen LogP contribution in [0, 0.1) is 52.3 Å². The van der Waals surface area contributed by atoms with Crippen LogP contribution >= 0.6 is 0 Å². The Morgan fingerprint density at radius 1 is 1.21 bits per heavy atom. The SMILES string of the molecule is C[C@]12CCC(=O)C=C1[C@@H]1C[C@@H]1[C@H]1[C@@H]3[C@@H]4C[C@@H]4[C@@](O)(CCC(=O)[O-])[C@@]3(C)CC[C@@H]12.[K+]. The second-order valence-electron chi connectivity index (χ2n) is 11.5. The summed E-state index contributed by atoms with van der Waals surface area (Å²) >= 11 is 0. The summed E-state index contributed by atoms with van der Waals surface area (Å²) in [6, 6.07) is 0. The number of hydrogen-bond acceptors (Lipinski definition) is 4. The van der Waals surface area contributed by atoms with Crippen LogP contribution in [0.3, 0.4) is 0 Å². The molecule has 4 nitrogen and oxygen atoms in total. The third kappa shape index (κ3) is 2.61. The van der Waals surface area contributed by atoms with E-state index in [1.165, 1.54) is 12.0 Å². The van der Waals surface area contributed by atoms with Gasteiger partial charge in [0.05, 0.1) is 5.60 Å². The zero-order chi connectivity index (χ0) is 19.6. The van der Waals surface area contributed by atoms with Gasteiger partial charge >= 0.3 is 51.4 Å². The number of carboxylic acids is 1. The number of ketones is 1. The zero-order valence-electron chi connectivity index (χ0n) is 17.9. The third-order valence-electron chi connectivity index (χ3n) is 10.6. The molecule has 6 rings (SSSR count). The normalized spacial score (nSPS) is 55.9. The minimum Gasteiger partial charge on any atom is -0.550 e. The molecule has 0 aromatic heterocycles. The number of hydrogen-bond donors (Lipinski definition) is 1. The van der Waals surface area contributed by atoms with Crippen molar-refractivity contribution >= 4 is 11.8 Å². The predicted molar refractivity (Wildman–Crippen MR) is 101 cm³/mol. The van der Waals surface area contributed by atoms with Crippen LogP contribution in [-0.2, 0) is 9.59 Å². The van der Waals surface area contributed by atoms with E-state index < -0.39 is 11.6 Å². The fourth-order valence-corrected chi connectivity index (χ4v) is 9.27. The van der Waals surface area contributed by atoms with Crippen LogP contribution < -0.4 is 56.5 Å². The van der Waals surface area contributed by atoms with Crippen LogP contribution in [-0.4, -0.2) is 22.5 Å². The zero-order valence-corrected chi connectivity index (χ0v) is 21.1. The van der Waals surface area contributed by atoms with Gasteiger partial charge in [-0.25, -0.2) is 0 Å². The summed E-state index contributed by atoms with van der Waals surface area (Å²) in [6.07, 6.45) is 8.39. The van der Waals surface area contributed by atoms with Crippen LogP contribution in [0.5, 0.6) is 0 Å². The van der Waals surface area contributed by atoms with E-state index in [1.807, 2.05) is 6.08 Å². The van der Waals surface area contributed by atoms with Crippen molar-refractivity contribution in [3.05, 3.63) is 11.6 Å². The molecule has 0 aromatic rings. The molecule has 152 valence electrons. The molecular weight excluding hydrogens is 391 g/mol. The van der Waals surface area contributed by atoms with Gasteiger partial charge in [0.15, 0.2) is 5.78 Å². The van der Waals surface area contributed by atoms with Crippen LogP contribution in [0.4, 0.5) is 0 Å². The Kier molecular flexibility index (Phi) is 4.79. The Bertz CT molecular complexity index is 822. The molecule has 0 radical (unpaired) electrons. The maximum Gasteiger partial charge on any atom is 1.00 e. The first-order valence-electron chi connectivity index (χ1n) is 11.4. The fraction of sp³-hybridized carbons (Fsp3) is 0.833. The van der Waals surface area contributed by atoms with Gasteiger partial charge in [-0.1, -0.05) is 19.4 Å². The number of rotatable bonds is 3. The summed E-state index contributed by atoms with van der Waals surface area (Å²) in [5, 5.41) is 22.9. The molecule has 0 amide bonds. The Morgan fingerprint density at radius 2 is 1.97 bits per heavy atom. The molecule has 1 N–H and O–H groups in total. The Labute approximate surface area is 215 Å². The summed E-state index contributed by atoms with van der Waals surface area (Å²) in [4.78, 5) is 23.3. The largest absolute Gasteiger partial charge is 1.00 e. The molecule has 6 aliphatic carbocycles. The molecule has 0 aliphatic heterocycles. The van der Waals surface area contributed by atoms with Crippen molar-refractivity contribution in [3.63, 3.8) is 0 Å². The molecular formula is C24H31KO4. The van der Waals surface area contributed by atoms with E-state index in [2.05, 4.69) is 13.8 Å². The van der Waals surface area contributed by atoms with Crippen molar-refractivity contribution in [2.24, 2.45) is 52.3 Å². The van der Waals surface area contributed by atoms with Crippen molar-refractivity contribution in [1.82, 2.24) is 0 Å². The fourth-order valence-electron chi connectivity index (χ4n) is 9.27. The van der Waals surface area contributed by atoms with Gasteiger partial charge in [-0.2, -0.15) is 0 Å². The van der Waals surface area contributed by atoms with E-state index in [0.717, 1.165) is 25.7 Å². The third-order valence-corrected chi connectivity index (χ3v) is 10.6. The molecule has 6 aliphatic rings. The van der Waals surface area contributed by atoms with Gasteiger partial charge in [-0.3, -0.25) is 4.79 Å². The second-order valence-corrected chi connectivity index (χ2v) is 11.5. The standard InChI is InChI=1S/C24H32O4.K/c1-22-6-3-12(25)9-17(22)13-10-14(13)20-16(22)4-7-23(2)21(20)15-11-18(15)24(23,28)8-5-19(26)27;/h9,13-16,18,20-21,28H,3-8,10-11H2,1-2H3,(H,26,27);/q;+1/p-1/t13-,14+,15-,16+,18+,20-,21+,22-,23+,24+;/m1./s1. The molecule has 0 aromatic carbocycles. The van der Waals surface area contributed by atoms with E-state index in [9.17, 15) is 19.8 Å². The predicted octanol–water partition coefficient (Wildman–Crippen LogP) is -0.505. The molecule has 0 heterocycles. The maximum atomic E-state index is 12.1.